The lowest BCUT2D eigenvalue weighted by atomic mass is 10.1. The standard InChI is InChI=1S/C8H16N2/c1-5-8-7(2)6-9(3)10(8)4/h6,8H,5H2,1-4H3. The third-order valence-corrected chi connectivity index (χ3v) is 2.25. The van der Waals surface area contributed by atoms with Crippen molar-refractivity contribution in [3.8, 4) is 0 Å². The van der Waals surface area contributed by atoms with Crippen molar-refractivity contribution in [2.45, 2.75) is 26.3 Å². The number of hydrogen-bond donors (Lipinski definition) is 0. The minimum atomic E-state index is 0.630. The quantitative estimate of drug-likeness (QED) is 0.544. The SMILES string of the molecule is CCC1C(C)=CN(C)N1C. The van der Waals surface area contributed by atoms with Gasteiger partial charge in [-0.1, -0.05) is 6.92 Å². The van der Waals surface area contributed by atoms with Crippen LogP contribution in [0.5, 0.6) is 0 Å². The number of hydrazine groups is 1. The highest BCUT2D eigenvalue weighted by Crippen LogP contribution is 2.20. The minimum Gasteiger partial charge on any atom is -0.316 e. The zero-order chi connectivity index (χ0) is 7.72. The molecule has 2 heteroatoms. The van der Waals surface area contributed by atoms with E-state index in [4.69, 9.17) is 0 Å². The van der Waals surface area contributed by atoms with Gasteiger partial charge in [-0.25, -0.2) is 5.01 Å². The first-order valence-electron chi connectivity index (χ1n) is 3.80. The third-order valence-electron chi connectivity index (χ3n) is 2.25. The van der Waals surface area contributed by atoms with Gasteiger partial charge in [0.25, 0.3) is 0 Å². The molecule has 1 heterocycles. The molecule has 2 nitrogen and oxygen atoms in total. The van der Waals surface area contributed by atoms with Crippen LogP contribution in [0.3, 0.4) is 0 Å². The summed E-state index contributed by atoms with van der Waals surface area (Å²) in [4.78, 5) is 0. The Kier molecular flexibility index (Phi) is 2.00. The Morgan fingerprint density at radius 3 is 2.30 bits per heavy atom. The Balaban J connectivity index is 2.68. The zero-order valence-electron chi connectivity index (χ0n) is 7.26. The average molecular weight is 140 g/mol. The van der Waals surface area contributed by atoms with Crippen LogP contribution in [-0.4, -0.2) is 30.2 Å². The molecule has 0 aromatic carbocycles. The molecule has 58 valence electrons. The van der Waals surface area contributed by atoms with Crippen molar-refractivity contribution in [2.75, 3.05) is 14.1 Å². The van der Waals surface area contributed by atoms with E-state index in [-0.39, 0.29) is 0 Å². The highest BCUT2D eigenvalue weighted by molar-refractivity contribution is 5.11. The topological polar surface area (TPSA) is 6.48 Å². The maximum absolute atomic E-state index is 2.26. The predicted molar refractivity (Wildman–Crippen MR) is 43.4 cm³/mol. The van der Waals surface area contributed by atoms with Gasteiger partial charge in [0.15, 0.2) is 0 Å². The fraction of sp³-hybridized carbons (Fsp3) is 0.750. The van der Waals surface area contributed by atoms with E-state index in [0.717, 1.165) is 0 Å². The Hall–Kier alpha value is -0.500. The molecule has 0 fully saturated rings. The summed E-state index contributed by atoms with van der Waals surface area (Å²) in [5, 5.41) is 4.40. The molecule has 1 aliphatic heterocycles. The van der Waals surface area contributed by atoms with E-state index >= 15 is 0 Å². The van der Waals surface area contributed by atoms with Crippen LogP contribution in [0.4, 0.5) is 0 Å². The second kappa shape index (κ2) is 2.62. The van der Waals surface area contributed by atoms with Crippen molar-refractivity contribution in [1.82, 2.24) is 10.0 Å². The van der Waals surface area contributed by atoms with Crippen LogP contribution in [0.25, 0.3) is 0 Å². The smallest absolute Gasteiger partial charge is 0.0511 e. The first-order valence-corrected chi connectivity index (χ1v) is 3.80. The molecule has 0 bridgehead atoms. The van der Waals surface area contributed by atoms with E-state index in [0.29, 0.717) is 6.04 Å². The maximum atomic E-state index is 2.26. The lowest BCUT2D eigenvalue weighted by Gasteiger charge is -2.26. The molecular weight excluding hydrogens is 124 g/mol. The molecule has 0 aromatic rings. The van der Waals surface area contributed by atoms with Crippen molar-refractivity contribution in [3.63, 3.8) is 0 Å². The summed E-state index contributed by atoms with van der Waals surface area (Å²) in [6.07, 6.45) is 3.39. The summed E-state index contributed by atoms with van der Waals surface area (Å²) in [5.74, 6) is 0. The molecule has 0 radical (unpaired) electrons. The Morgan fingerprint density at radius 2 is 2.10 bits per heavy atom. The van der Waals surface area contributed by atoms with E-state index in [1.807, 2.05) is 0 Å². The van der Waals surface area contributed by atoms with Crippen LogP contribution in [0, 0.1) is 0 Å². The second-order valence-corrected chi connectivity index (χ2v) is 2.94. The predicted octanol–water partition coefficient (Wildman–Crippen LogP) is 1.46. The number of likely N-dealkylation sites (N-methyl/N-ethyl adjacent to an activating group) is 1. The van der Waals surface area contributed by atoms with Crippen LogP contribution in [0.15, 0.2) is 11.8 Å². The first-order chi connectivity index (χ1) is 4.66. The highest BCUT2D eigenvalue weighted by Gasteiger charge is 2.22. The van der Waals surface area contributed by atoms with Crippen LogP contribution >= 0.6 is 0 Å². The molecule has 1 unspecified atom stereocenters. The molecule has 0 N–H and O–H groups in total. The van der Waals surface area contributed by atoms with E-state index in [2.05, 4.69) is 44.2 Å². The molecule has 1 rings (SSSR count). The molecule has 0 saturated carbocycles. The molecule has 0 amide bonds. The molecule has 1 aliphatic rings. The molecule has 0 aliphatic carbocycles. The van der Waals surface area contributed by atoms with Crippen molar-refractivity contribution in [3.05, 3.63) is 11.8 Å². The Bertz CT molecular complexity index is 151. The summed E-state index contributed by atoms with van der Waals surface area (Å²) < 4.78 is 0. The van der Waals surface area contributed by atoms with Gasteiger partial charge in [0.05, 0.1) is 6.04 Å². The van der Waals surface area contributed by atoms with Crippen molar-refractivity contribution >= 4 is 0 Å². The van der Waals surface area contributed by atoms with E-state index < -0.39 is 0 Å². The average Bonchev–Trinajstić information content (AvgIpc) is 2.09. The van der Waals surface area contributed by atoms with Gasteiger partial charge in [-0.3, -0.25) is 0 Å². The van der Waals surface area contributed by atoms with E-state index in [1.165, 1.54) is 12.0 Å². The monoisotopic (exact) mass is 140 g/mol. The summed E-state index contributed by atoms with van der Waals surface area (Å²) in [6, 6.07) is 0.630. The fourth-order valence-corrected chi connectivity index (χ4v) is 1.57. The van der Waals surface area contributed by atoms with Crippen molar-refractivity contribution < 1.29 is 0 Å². The Labute approximate surface area is 63.1 Å². The van der Waals surface area contributed by atoms with Gasteiger partial charge in [0, 0.05) is 20.3 Å². The summed E-state index contributed by atoms with van der Waals surface area (Å²) in [6.45, 7) is 4.41. The lowest BCUT2D eigenvalue weighted by Crippen LogP contribution is -2.35. The van der Waals surface area contributed by atoms with Gasteiger partial charge >= 0.3 is 0 Å². The summed E-state index contributed by atoms with van der Waals surface area (Å²) >= 11 is 0. The molecule has 10 heavy (non-hydrogen) atoms. The highest BCUT2D eigenvalue weighted by atomic mass is 15.6. The van der Waals surface area contributed by atoms with Gasteiger partial charge in [-0.2, -0.15) is 0 Å². The number of hydrogen-bond acceptors (Lipinski definition) is 2. The zero-order valence-corrected chi connectivity index (χ0v) is 7.26. The first kappa shape index (κ1) is 7.61. The van der Waals surface area contributed by atoms with Crippen LogP contribution < -0.4 is 0 Å². The van der Waals surface area contributed by atoms with Crippen LogP contribution in [0.1, 0.15) is 20.3 Å². The molecule has 1 atom stereocenters. The lowest BCUT2D eigenvalue weighted by molar-refractivity contribution is 0.0704. The molecular formula is C8H16N2. The van der Waals surface area contributed by atoms with Gasteiger partial charge in [-0.15, -0.1) is 0 Å². The number of nitrogens with zero attached hydrogens (tertiary/aromatic N) is 2. The molecule has 0 aromatic heterocycles. The van der Waals surface area contributed by atoms with Gasteiger partial charge in [-0.05, 0) is 18.9 Å². The van der Waals surface area contributed by atoms with Crippen LogP contribution in [0.2, 0.25) is 0 Å². The van der Waals surface area contributed by atoms with Crippen LogP contribution in [-0.2, 0) is 0 Å². The Morgan fingerprint density at radius 1 is 1.50 bits per heavy atom. The third kappa shape index (κ3) is 1.03. The molecule has 0 spiro atoms. The van der Waals surface area contributed by atoms with E-state index in [9.17, 15) is 0 Å². The van der Waals surface area contributed by atoms with Gasteiger partial charge in [0.1, 0.15) is 0 Å². The number of rotatable bonds is 1. The van der Waals surface area contributed by atoms with E-state index in [1.54, 1.807) is 0 Å². The van der Waals surface area contributed by atoms with Gasteiger partial charge in [0.2, 0.25) is 0 Å². The summed E-state index contributed by atoms with van der Waals surface area (Å²) in [5.41, 5.74) is 1.47. The molecule has 0 saturated heterocycles. The maximum Gasteiger partial charge on any atom is 0.0511 e. The largest absolute Gasteiger partial charge is 0.316 e. The second-order valence-electron chi connectivity index (χ2n) is 2.94. The fourth-order valence-electron chi connectivity index (χ4n) is 1.57. The van der Waals surface area contributed by atoms with Crippen molar-refractivity contribution in [1.29, 1.82) is 0 Å². The minimum absolute atomic E-state index is 0.630. The van der Waals surface area contributed by atoms with Crippen molar-refractivity contribution in [2.24, 2.45) is 0 Å². The summed E-state index contributed by atoms with van der Waals surface area (Å²) in [7, 11) is 4.21. The van der Waals surface area contributed by atoms with Gasteiger partial charge < -0.3 is 5.01 Å². The normalized spacial score (nSPS) is 27.4.